The third-order valence-corrected chi connectivity index (χ3v) is 4.02. The van der Waals surface area contributed by atoms with Crippen LogP contribution < -0.4 is 5.73 Å². The van der Waals surface area contributed by atoms with Gasteiger partial charge in [0.15, 0.2) is 0 Å². The van der Waals surface area contributed by atoms with Crippen LogP contribution in [-0.4, -0.2) is 11.7 Å². The van der Waals surface area contributed by atoms with Crippen molar-refractivity contribution in [3.05, 3.63) is 29.8 Å². The Morgan fingerprint density at radius 2 is 1.78 bits per heavy atom. The van der Waals surface area contributed by atoms with Crippen LogP contribution in [0.3, 0.4) is 0 Å². The van der Waals surface area contributed by atoms with Crippen LogP contribution in [-0.2, 0) is 6.42 Å². The molecule has 3 N–H and O–H groups in total. The molecule has 1 aromatic carbocycles. The van der Waals surface area contributed by atoms with Gasteiger partial charge < -0.3 is 10.8 Å². The van der Waals surface area contributed by atoms with Crippen molar-refractivity contribution in [2.24, 2.45) is 17.1 Å². The summed E-state index contributed by atoms with van der Waals surface area (Å²) >= 11 is 0. The molecular formula is C16H27NO. The molecule has 0 aliphatic carbocycles. The van der Waals surface area contributed by atoms with E-state index in [9.17, 15) is 5.11 Å². The van der Waals surface area contributed by atoms with Gasteiger partial charge in [0.05, 0.1) is 0 Å². The average molecular weight is 249 g/mol. The molecule has 0 fully saturated rings. The fourth-order valence-electron chi connectivity index (χ4n) is 2.30. The van der Waals surface area contributed by atoms with E-state index in [-0.39, 0.29) is 5.41 Å². The van der Waals surface area contributed by atoms with Gasteiger partial charge in [-0.1, -0.05) is 45.7 Å². The molecule has 0 bridgehead atoms. The maximum atomic E-state index is 9.30. The second kappa shape index (κ2) is 6.79. The first-order chi connectivity index (χ1) is 8.45. The number of benzene rings is 1. The first-order valence-corrected chi connectivity index (χ1v) is 6.93. The second-order valence-electron chi connectivity index (χ2n) is 6.02. The fraction of sp³-hybridized carbons (Fsp3) is 0.625. The molecule has 1 atom stereocenters. The van der Waals surface area contributed by atoms with E-state index < -0.39 is 0 Å². The van der Waals surface area contributed by atoms with E-state index in [1.165, 1.54) is 18.4 Å². The molecule has 2 nitrogen and oxygen atoms in total. The summed E-state index contributed by atoms with van der Waals surface area (Å²) in [6, 6.07) is 7.57. The van der Waals surface area contributed by atoms with Crippen molar-refractivity contribution in [1.29, 1.82) is 0 Å². The van der Waals surface area contributed by atoms with Crippen molar-refractivity contribution >= 4 is 0 Å². The van der Waals surface area contributed by atoms with E-state index in [4.69, 9.17) is 5.73 Å². The van der Waals surface area contributed by atoms with Gasteiger partial charge in [-0.05, 0) is 48.4 Å². The molecule has 102 valence electrons. The monoisotopic (exact) mass is 249 g/mol. The van der Waals surface area contributed by atoms with Crippen LogP contribution in [0.5, 0.6) is 5.75 Å². The number of phenolic OH excluding ortho intramolecular Hbond substituents is 1. The van der Waals surface area contributed by atoms with Crippen LogP contribution in [0.15, 0.2) is 24.3 Å². The van der Waals surface area contributed by atoms with Gasteiger partial charge in [0.25, 0.3) is 0 Å². The van der Waals surface area contributed by atoms with Gasteiger partial charge in [-0.25, -0.2) is 0 Å². The van der Waals surface area contributed by atoms with Crippen LogP contribution in [0.1, 0.15) is 45.6 Å². The highest BCUT2D eigenvalue weighted by molar-refractivity contribution is 5.26. The van der Waals surface area contributed by atoms with Gasteiger partial charge in [-0.2, -0.15) is 0 Å². The van der Waals surface area contributed by atoms with Crippen LogP contribution in [0.25, 0.3) is 0 Å². The molecule has 0 aliphatic heterocycles. The first kappa shape index (κ1) is 15.0. The van der Waals surface area contributed by atoms with E-state index in [2.05, 4.69) is 20.8 Å². The molecule has 2 heteroatoms. The highest BCUT2D eigenvalue weighted by Gasteiger charge is 2.25. The summed E-state index contributed by atoms with van der Waals surface area (Å²) in [6.45, 7) is 7.78. The lowest BCUT2D eigenvalue weighted by Crippen LogP contribution is -2.24. The predicted octanol–water partition coefficient (Wildman–Crippen LogP) is 3.73. The van der Waals surface area contributed by atoms with Crippen molar-refractivity contribution in [2.45, 2.75) is 46.5 Å². The second-order valence-corrected chi connectivity index (χ2v) is 6.02. The number of unbranched alkanes of at least 4 members (excludes halogenated alkanes) is 1. The molecule has 1 aromatic rings. The van der Waals surface area contributed by atoms with Crippen LogP contribution >= 0.6 is 0 Å². The Labute approximate surface area is 111 Å². The Morgan fingerprint density at radius 1 is 1.17 bits per heavy atom. The number of aromatic hydroxyl groups is 1. The first-order valence-electron chi connectivity index (χ1n) is 6.93. The average Bonchev–Trinajstić information content (AvgIpc) is 2.32. The molecule has 0 saturated heterocycles. The summed E-state index contributed by atoms with van der Waals surface area (Å²) in [7, 11) is 0. The van der Waals surface area contributed by atoms with E-state index in [0.717, 1.165) is 19.4 Å². The quantitative estimate of drug-likeness (QED) is 0.723. The Kier molecular flexibility index (Phi) is 5.67. The minimum Gasteiger partial charge on any atom is -0.508 e. The summed E-state index contributed by atoms with van der Waals surface area (Å²) < 4.78 is 0. The highest BCUT2D eigenvalue weighted by atomic mass is 16.3. The summed E-state index contributed by atoms with van der Waals surface area (Å²) in [5.41, 5.74) is 7.12. The largest absolute Gasteiger partial charge is 0.508 e. The number of rotatable bonds is 7. The SMILES string of the molecule is CC(CCCCN)C(C)(C)Cc1ccc(O)cc1. The fourth-order valence-corrected chi connectivity index (χ4v) is 2.30. The molecular weight excluding hydrogens is 222 g/mol. The Balaban J connectivity index is 2.54. The summed E-state index contributed by atoms with van der Waals surface area (Å²) in [4.78, 5) is 0. The van der Waals surface area contributed by atoms with E-state index in [0.29, 0.717) is 11.7 Å². The summed E-state index contributed by atoms with van der Waals surface area (Å²) in [5.74, 6) is 1.02. The maximum Gasteiger partial charge on any atom is 0.115 e. The Bertz CT molecular complexity index is 343. The third-order valence-electron chi connectivity index (χ3n) is 4.02. The Hall–Kier alpha value is -1.02. The molecule has 1 rings (SSSR count). The van der Waals surface area contributed by atoms with Gasteiger partial charge >= 0.3 is 0 Å². The molecule has 0 heterocycles. The standard InChI is InChI=1S/C16H27NO/c1-13(6-4-5-11-17)16(2,3)12-14-7-9-15(18)10-8-14/h7-10,13,18H,4-6,11-12,17H2,1-3H3. The van der Waals surface area contributed by atoms with Gasteiger partial charge in [-0.15, -0.1) is 0 Å². The van der Waals surface area contributed by atoms with E-state index in [1.807, 2.05) is 12.1 Å². The van der Waals surface area contributed by atoms with Crippen LogP contribution in [0, 0.1) is 11.3 Å². The number of hydrogen-bond donors (Lipinski definition) is 2. The normalized spacial score (nSPS) is 13.6. The number of hydrogen-bond acceptors (Lipinski definition) is 2. The molecule has 0 saturated carbocycles. The third kappa shape index (κ3) is 4.69. The van der Waals surface area contributed by atoms with Crippen molar-refractivity contribution in [2.75, 3.05) is 6.54 Å². The van der Waals surface area contributed by atoms with Crippen molar-refractivity contribution in [3.8, 4) is 5.75 Å². The smallest absolute Gasteiger partial charge is 0.115 e. The molecule has 0 spiro atoms. The van der Waals surface area contributed by atoms with E-state index >= 15 is 0 Å². The zero-order valence-corrected chi connectivity index (χ0v) is 11.9. The minimum atomic E-state index is 0.283. The van der Waals surface area contributed by atoms with Gasteiger partial charge in [0.2, 0.25) is 0 Å². The minimum absolute atomic E-state index is 0.283. The lowest BCUT2D eigenvalue weighted by atomic mass is 9.73. The van der Waals surface area contributed by atoms with Crippen molar-refractivity contribution in [1.82, 2.24) is 0 Å². The molecule has 18 heavy (non-hydrogen) atoms. The van der Waals surface area contributed by atoms with Crippen molar-refractivity contribution in [3.63, 3.8) is 0 Å². The zero-order valence-electron chi connectivity index (χ0n) is 11.9. The topological polar surface area (TPSA) is 46.2 Å². The summed E-state index contributed by atoms with van der Waals surface area (Å²) in [5, 5.41) is 9.30. The van der Waals surface area contributed by atoms with Crippen LogP contribution in [0.4, 0.5) is 0 Å². The van der Waals surface area contributed by atoms with Gasteiger partial charge in [0.1, 0.15) is 5.75 Å². The Morgan fingerprint density at radius 3 is 2.33 bits per heavy atom. The lowest BCUT2D eigenvalue weighted by Gasteiger charge is -2.32. The molecule has 1 unspecified atom stereocenters. The van der Waals surface area contributed by atoms with Crippen LogP contribution in [0.2, 0.25) is 0 Å². The number of phenols is 1. The maximum absolute atomic E-state index is 9.30. The molecule has 0 amide bonds. The predicted molar refractivity (Wildman–Crippen MR) is 77.7 cm³/mol. The molecule has 0 radical (unpaired) electrons. The lowest BCUT2D eigenvalue weighted by molar-refractivity contribution is 0.212. The summed E-state index contributed by atoms with van der Waals surface area (Å²) in [6.07, 6.45) is 4.63. The highest BCUT2D eigenvalue weighted by Crippen LogP contribution is 2.34. The van der Waals surface area contributed by atoms with Gasteiger partial charge in [-0.3, -0.25) is 0 Å². The van der Waals surface area contributed by atoms with Crippen molar-refractivity contribution < 1.29 is 5.11 Å². The van der Waals surface area contributed by atoms with Gasteiger partial charge in [0, 0.05) is 0 Å². The van der Waals surface area contributed by atoms with E-state index in [1.54, 1.807) is 12.1 Å². The zero-order chi connectivity index (χ0) is 13.6. The number of nitrogens with two attached hydrogens (primary N) is 1. The molecule has 0 aromatic heterocycles. The molecule has 0 aliphatic rings.